The zero-order valence-corrected chi connectivity index (χ0v) is 14.8. The van der Waals surface area contributed by atoms with Gasteiger partial charge >= 0.3 is 0 Å². The molecule has 4 nitrogen and oxygen atoms in total. The number of anilines is 1. The molecule has 25 heavy (non-hydrogen) atoms. The molecule has 0 saturated carbocycles. The number of halogens is 1. The summed E-state index contributed by atoms with van der Waals surface area (Å²) in [7, 11) is -3.77. The summed E-state index contributed by atoms with van der Waals surface area (Å²) in [5, 5.41) is 1.01. The molecule has 2 heterocycles. The molecule has 3 aromatic rings. The Hall–Kier alpha value is -2.47. The third-order valence-electron chi connectivity index (χ3n) is 4.64. The molecule has 1 aromatic heterocycles. The number of benzene rings is 2. The summed E-state index contributed by atoms with van der Waals surface area (Å²) < 4.78 is 40.9. The molecule has 0 saturated heterocycles. The number of rotatable bonds is 2. The molecule has 0 aliphatic carbocycles. The molecular formula is C19H17FN2O2S. The van der Waals surface area contributed by atoms with E-state index in [1.54, 1.807) is 6.92 Å². The largest absolute Gasteiger partial charge is 0.265 e. The van der Waals surface area contributed by atoms with Crippen LogP contribution in [0.25, 0.3) is 10.9 Å². The van der Waals surface area contributed by atoms with Gasteiger partial charge in [0, 0.05) is 11.9 Å². The van der Waals surface area contributed by atoms with Crippen molar-refractivity contribution in [2.75, 3.05) is 10.8 Å². The van der Waals surface area contributed by atoms with Crippen molar-refractivity contribution in [3.63, 3.8) is 0 Å². The summed E-state index contributed by atoms with van der Waals surface area (Å²) in [4.78, 5) is 4.73. The molecule has 0 radical (unpaired) electrons. The zero-order chi connectivity index (χ0) is 17.8. The highest BCUT2D eigenvalue weighted by Gasteiger charge is 2.32. The summed E-state index contributed by atoms with van der Waals surface area (Å²) >= 11 is 0. The van der Waals surface area contributed by atoms with Gasteiger partial charge in [0.2, 0.25) is 0 Å². The third-order valence-corrected chi connectivity index (χ3v) is 6.43. The van der Waals surface area contributed by atoms with Crippen LogP contribution < -0.4 is 4.31 Å². The van der Waals surface area contributed by atoms with Crippen LogP contribution in [0.5, 0.6) is 0 Å². The lowest BCUT2D eigenvalue weighted by Gasteiger charge is -2.19. The van der Waals surface area contributed by atoms with Gasteiger partial charge in [-0.1, -0.05) is 18.2 Å². The van der Waals surface area contributed by atoms with E-state index in [9.17, 15) is 12.8 Å². The molecule has 1 aliphatic heterocycles. The van der Waals surface area contributed by atoms with Crippen LogP contribution in [0.2, 0.25) is 0 Å². The van der Waals surface area contributed by atoms with E-state index in [0.29, 0.717) is 24.3 Å². The zero-order valence-electron chi connectivity index (χ0n) is 14.0. The van der Waals surface area contributed by atoms with Gasteiger partial charge in [0.15, 0.2) is 0 Å². The number of aromatic nitrogens is 1. The van der Waals surface area contributed by atoms with Gasteiger partial charge in [-0.15, -0.1) is 0 Å². The van der Waals surface area contributed by atoms with Crippen molar-refractivity contribution in [2.24, 2.45) is 0 Å². The fourth-order valence-corrected chi connectivity index (χ4v) is 4.79. The lowest BCUT2D eigenvalue weighted by atomic mass is 10.1. The van der Waals surface area contributed by atoms with E-state index in [-0.39, 0.29) is 4.90 Å². The Labute approximate surface area is 146 Å². The lowest BCUT2D eigenvalue weighted by Crippen LogP contribution is -2.29. The average Bonchev–Trinajstić information content (AvgIpc) is 2.99. The third kappa shape index (κ3) is 2.48. The number of sulfonamides is 1. The monoisotopic (exact) mass is 356 g/mol. The first-order valence-electron chi connectivity index (χ1n) is 8.06. The van der Waals surface area contributed by atoms with Crippen molar-refractivity contribution in [1.29, 1.82) is 0 Å². The maximum atomic E-state index is 13.5. The molecule has 2 aromatic carbocycles. The van der Waals surface area contributed by atoms with Gasteiger partial charge in [-0.05, 0) is 61.2 Å². The number of aryl methyl sites for hydroxylation is 2. The van der Waals surface area contributed by atoms with Crippen LogP contribution in [0.1, 0.15) is 16.7 Å². The van der Waals surface area contributed by atoms with E-state index in [1.807, 2.05) is 31.2 Å². The topological polar surface area (TPSA) is 50.3 Å². The molecule has 0 unspecified atom stereocenters. The van der Waals surface area contributed by atoms with E-state index in [2.05, 4.69) is 4.98 Å². The SMILES string of the molecule is Cc1cc(S(=O)(=O)N2CCc3cc4cccc(C)c4nc32)ccc1F. The molecule has 0 amide bonds. The minimum atomic E-state index is -3.77. The number of nitrogens with zero attached hydrogens (tertiary/aromatic N) is 2. The highest BCUT2D eigenvalue weighted by molar-refractivity contribution is 7.92. The number of hydrogen-bond acceptors (Lipinski definition) is 3. The normalized spacial score (nSPS) is 14.1. The van der Waals surface area contributed by atoms with Crippen LogP contribution in [-0.4, -0.2) is 19.9 Å². The van der Waals surface area contributed by atoms with Crippen LogP contribution >= 0.6 is 0 Å². The summed E-state index contributed by atoms with van der Waals surface area (Å²) in [5.41, 5.74) is 3.03. The van der Waals surface area contributed by atoms with Crippen molar-refractivity contribution in [1.82, 2.24) is 4.98 Å². The molecule has 4 rings (SSSR count). The smallest absolute Gasteiger partial charge is 0.249 e. The molecule has 1 aliphatic rings. The molecule has 0 fully saturated rings. The first-order valence-corrected chi connectivity index (χ1v) is 9.50. The molecule has 0 N–H and O–H groups in total. The number of fused-ring (bicyclic) bond motifs is 2. The number of para-hydroxylation sites is 1. The summed E-state index contributed by atoms with van der Waals surface area (Å²) in [6.07, 6.45) is 0.617. The van der Waals surface area contributed by atoms with E-state index < -0.39 is 15.8 Å². The minimum Gasteiger partial charge on any atom is -0.249 e. The van der Waals surface area contributed by atoms with Gasteiger partial charge in [-0.25, -0.2) is 22.1 Å². The molecule has 0 atom stereocenters. The predicted octanol–water partition coefficient (Wildman–Crippen LogP) is 3.74. The second kappa shape index (κ2) is 5.52. The van der Waals surface area contributed by atoms with E-state index >= 15 is 0 Å². The summed E-state index contributed by atoms with van der Waals surface area (Å²) in [6.45, 7) is 3.86. The summed E-state index contributed by atoms with van der Waals surface area (Å²) in [6, 6.07) is 11.8. The van der Waals surface area contributed by atoms with Crippen LogP contribution in [0, 0.1) is 19.7 Å². The maximum Gasteiger partial charge on any atom is 0.265 e. The Morgan fingerprint density at radius 1 is 1.08 bits per heavy atom. The summed E-state index contributed by atoms with van der Waals surface area (Å²) in [5.74, 6) is 0.0595. The Morgan fingerprint density at radius 2 is 1.88 bits per heavy atom. The minimum absolute atomic E-state index is 0.0888. The van der Waals surface area contributed by atoms with Gasteiger partial charge < -0.3 is 0 Å². The number of pyridine rings is 1. The van der Waals surface area contributed by atoms with Crippen LogP contribution in [0.3, 0.4) is 0 Å². The second-order valence-corrected chi connectivity index (χ2v) is 8.22. The molecule has 128 valence electrons. The van der Waals surface area contributed by atoms with E-state index in [4.69, 9.17) is 0 Å². The van der Waals surface area contributed by atoms with E-state index in [0.717, 1.165) is 22.0 Å². The van der Waals surface area contributed by atoms with Gasteiger partial charge in [0.25, 0.3) is 10.0 Å². The van der Waals surface area contributed by atoms with Crippen molar-refractivity contribution < 1.29 is 12.8 Å². The molecular weight excluding hydrogens is 339 g/mol. The predicted molar refractivity (Wildman–Crippen MR) is 95.9 cm³/mol. The highest BCUT2D eigenvalue weighted by atomic mass is 32.2. The quantitative estimate of drug-likeness (QED) is 0.703. The first kappa shape index (κ1) is 16.0. The average molecular weight is 356 g/mol. The van der Waals surface area contributed by atoms with Crippen LogP contribution in [0.4, 0.5) is 10.2 Å². The Morgan fingerprint density at radius 3 is 2.64 bits per heavy atom. The maximum absolute atomic E-state index is 13.5. The van der Waals surface area contributed by atoms with Crippen LogP contribution in [-0.2, 0) is 16.4 Å². The van der Waals surface area contributed by atoms with Gasteiger partial charge in [0.1, 0.15) is 11.6 Å². The van der Waals surface area contributed by atoms with Crippen molar-refractivity contribution >= 4 is 26.7 Å². The first-order chi connectivity index (χ1) is 11.9. The molecule has 6 heteroatoms. The number of hydrogen-bond donors (Lipinski definition) is 0. The Balaban J connectivity index is 1.86. The van der Waals surface area contributed by atoms with Crippen molar-refractivity contribution in [3.8, 4) is 0 Å². The molecule has 0 spiro atoms. The lowest BCUT2D eigenvalue weighted by molar-refractivity contribution is 0.590. The Kier molecular flexibility index (Phi) is 3.54. The van der Waals surface area contributed by atoms with Gasteiger partial charge in [0.05, 0.1) is 10.4 Å². The second-order valence-electron chi connectivity index (χ2n) is 6.36. The highest BCUT2D eigenvalue weighted by Crippen LogP contribution is 2.34. The van der Waals surface area contributed by atoms with Gasteiger partial charge in [-0.2, -0.15) is 0 Å². The Bertz CT molecular complexity index is 1110. The van der Waals surface area contributed by atoms with E-state index in [1.165, 1.54) is 22.5 Å². The van der Waals surface area contributed by atoms with Crippen molar-refractivity contribution in [2.45, 2.75) is 25.2 Å². The standard InChI is InChI=1S/C19H17FN2O2S/c1-12-4-3-5-14-11-15-8-9-22(19(15)21-18(12)14)25(23,24)16-6-7-17(20)13(2)10-16/h3-7,10-11H,8-9H2,1-2H3. The van der Waals surface area contributed by atoms with Gasteiger partial charge in [-0.3, -0.25) is 0 Å². The fraction of sp³-hybridized carbons (Fsp3) is 0.211. The molecule has 0 bridgehead atoms. The fourth-order valence-electron chi connectivity index (χ4n) is 3.25. The van der Waals surface area contributed by atoms with Crippen LogP contribution in [0.15, 0.2) is 47.4 Å². The van der Waals surface area contributed by atoms with Crippen molar-refractivity contribution in [3.05, 3.63) is 65.0 Å².